The molecule has 2 rings (SSSR count). The van der Waals surface area contributed by atoms with E-state index < -0.39 is 15.7 Å². The second kappa shape index (κ2) is 6.10. The van der Waals surface area contributed by atoms with Crippen molar-refractivity contribution in [1.29, 1.82) is 0 Å². The van der Waals surface area contributed by atoms with E-state index in [2.05, 4.69) is 5.32 Å². The number of aryl methyl sites for hydroxylation is 1. The van der Waals surface area contributed by atoms with E-state index in [1.807, 2.05) is 25.1 Å². The summed E-state index contributed by atoms with van der Waals surface area (Å²) >= 11 is 0. The monoisotopic (exact) mass is 303 g/mol. The van der Waals surface area contributed by atoms with Crippen molar-refractivity contribution in [3.8, 4) is 0 Å². The van der Waals surface area contributed by atoms with Crippen molar-refractivity contribution in [1.82, 2.24) is 0 Å². The van der Waals surface area contributed by atoms with Gasteiger partial charge in [0, 0.05) is 5.69 Å². The second-order valence-electron chi connectivity index (χ2n) is 4.72. The van der Waals surface area contributed by atoms with Crippen LogP contribution in [-0.2, 0) is 9.84 Å². The van der Waals surface area contributed by atoms with E-state index in [4.69, 9.17) is 0 Å². The van der Waals surface area contributed by atoms with Crippen molar-refractivity contribution < 1.29 is 13.2 Å². The van der Waals surface area contributed by atoms with Crippen molar-refractivity contribution in [2.45, 2.75) is 18.7 Å². The van der Waals surface area contributed by atoms with Gasteiger partial charge in [0.2, 0.25) is 0 Å². The molecule has 0 aromatic heterocycles. The summed E-state index contributed by atoms with van der Waals surface area (Å²) in [4.78, 5) is 12.4. The van der Waals surface area contributed by atoms with E-state index in [-0.39, 0.29) is 16.2 Å². The van der Waals surface area contributed by atoms with Gasteiger partial charge >= 0.3 is 0 Å². The van der Waals surface area contributed by atoms with Crippen LogP contribution in [0.2, 0.25) is 0 Å². The standard InChI is InChI=1S/C16H17NO3S/c1-3-21(19,20)15-10-5-4-9-14(15)16(18)17-13-8-6-7-12(2)11-13/h4-11H,3H2,1-2H3,(H,17,18). The Morgan fingerprint density at radius 3 is 2.48 bits per heavy atom. The molecule has 0 bridgehead atoms. The zero-order chi connectivity index (χ0) is 15.5. The number of sulfone groups is 1. The number of hydrogen-bond donors (Lipinski definition) is 1. The van der Waals surface area contributed by atoms with Crippen LogP contribution in [0.1, 0.15) is 22.8 Å². The molecular formula is C16H17NO3S. The maximum Gasteiger partial charge on any atom is 0.256 e. The maximum atomic E-state index is 12.3. The molecule has 0 fully saturated rings. The lowest BCUT2D eigenvalue weighted by molar-refractivity contribution is 0.102. The number of nitrogens with one attached hydrogen (secondary N) is 1. The molecule has 0 aliphatic heterocycles. The highest BCUT2D eigenvalue weighted by Crippen LogP contribution is 2.19. The third-order valence-electron chi connectivity index (χ3n) is 3.12. The highest BCUT2D eigenvalue weighted by Gasteiger charge is 2.20. The lowest BCUT2D eigenvalue weighted by Gasteiger charge is -2.10. The number of carbonyl (C=O) groups excluding carboxylic acids is 1. The van der Waals surface area contributed by atoms with E-state index in [1.54, 1.807) is 25.1 Å². The summed E-state index contributed by atoms with van der Waals surface area (Å²) in [6.07, 6.45) is 0. The zero-order valence-electron chi connectivity index (χ0n) is 12.0. The predicted molar refractivity (Wildman–Crippen MR) is 83.3 cm³/mol. The number of anilines is 1. The highest BCUT2D eigenvalue weighted by molar-refractivity contribution is 7.91. The number of benzene rings is 2. The van der Waals surface area contributed by atoms with Gasteiger partial charge in [-0.05, 0) is 36.8 Å². The van der Waals surface area contributed by atoms with Gasteiger partial charge in [0.25, 0.3) is 5.91 Å². The Morgan fingerprint density at radius 1 is 1.10 bits per heavy atom. The first kappa shape index (κ1) is 15.3. The summed E-state index contributed by atoms with van der Waals surface area (Å²) in [5, 5.41) is 2.73. The minimum absolute atomic E-state index is 0.0399. The molecule has 0 heterocycles. The Hall–Kier alpha value is -2.14. The summed E-state index contributed by atoms with van der Waals surface area (Å²) in [5.41, 5.74) is 1.83. The Kier molecular flexibility index (Phi) is 4.43. The summed E-state index contributed by atoms with van der Waals surface area (Å²) in [7, 11) is -3.44. The van der Waals surface area contributed by atoms with Crippen molar-refractivity contribution in [3.63, 3.8) is 0 Å². The van der Waals surface area contributed by atoms with E-state index in [0.29, 0.717) is 5.69 Å². The van der Waals surface area contributed by atoms with Crippen LogP contribution in [0, 0.1) is 6.92 Å². The largest absolute Gasteiger partial charge is 0.322 e. The van der Waals surface area contributed by atoms with E-state index in [0.717, 1.165) is 5.56 Å². The van der Waals surface area contributed by atoms with Gasteiger partial charge in [-0.25, -0.2) is 8.42 Å². The van der Waals surface area contributed by atoms with Crippen LogP contribution in [0.4, 0.5) is 5.69 Å². The summed E-state index contributed by atoms with van der Waals surface area (Å²) in [6.45, 7) is 3.48. The van der Waals surface area contributed by atoms with Crippen LogP contribution in [-0.4, -0.2) is 20.1 Å². The number of rotatable bonds is 4. The van der Waals surface area contributed by atoms with Crippen LogP contribution in [0.3, 0.4) is 0 Å². The number of carbonyl (C=O) groups is 1. The Bertz CT molecular complexity index is 767. The minimum Gasteiger partial charge on any atom is -0.322 e. The average molecular weight is 303 g/mol. The van der Waals surface area contributed by atoms with Crippen LogP contribution < -0.4 is 5.32 Å². The summed E-state index contributed by atoms with van der Waals surface area (Å²) < 4.78 is 24.1. The van der Waals surface area contributed by atoms with E-state index in [9.17, 15) is 13.2 Å². The Balaban J connectivity index is 2.37. The van der Waals surface area contributed by atoms with Crippen LogP contribution >= 0.6 is 0 Å². The molecule has 4 nitrogen and oxygen atoms in total. The van der Waals surface area contributed by atoms with Crippen molar-refractivity contribution in [2.75, 3.05) is 11.1 Å². The Morgan fingerprint density at radius 2 is 1.81 bits per heavy atom. The molecule has 0 aliphatic carbocycles. The van der Waals surface area contributed by atoms with Gasteiger partial charge in [-0.2, -0.15) is 0 Å². The van der Waals surface area contributed by atoms with Gasteiger partial charge < -0.3 is 5.32 Å². The fourth-order valence-corrected chi connectivity index (χ4v) is 3.09. The van der Waals surface area contributed by atoms with Gasteiger partial charge in [-0.3, -0.25) is 4.79 Å². The lowest BCUT2D eigenvalue weighted by Crippen LogP contribution is -2.17. The first-order valence-electron chi connectivity index (χ1n) is 6.64. The van der Waals surface area contributed by atoms with Crippen molar-refractivity contribution >= 4 is 21.4 Å². The zero-order valence-corrected chi connectivity index (χ0v) is 12.8. The van der Waals surface area contributed by atoms with Crippen LogP contribution in [0.15, 0.2) is 53.4 Å². The molecule has 0 unspecified atom stereocenters. The fourth-order valence-electron chi connectivity index (χ4n) is 2.00. The van der Waals surface area contributed by atoms with E-state index in [1.165, 1.54) is 12.1 Å². The third-order valence-corrected chi connectivity index (χ3v) is 4.91. The SMILES string of the molecule is CCS(=O)(=O)c1ccccc1C(=O)Nc1cccc(C)c1. The van der Waals surface area contributed by atoms with E-state index >= 15 is 0 Å². The number of hydrogen-bond acceptors (Lipinski definition) is 3. The summed E-state index contributed by atoms with van der Waals surface area (Å²) in [5.74, 6) is -0.463. The Labute approximate surface area is 124 Å². The van der Waals surface area contributed by atoms with Crippen molar-refractivity contribution in [3.05, 3.63) is 59.7 Å². The van der Waals surface area contributed by atoms with Crippen molar-refractivity contribution in [2.24, 2.45) is 0 Å². The molecule has 1 N–H and O–H groups in total. The molecular weight excluding hydrogens is 286 g/mol. The first-order chi connectivity index (χ1) is 9.94. The molecule has 0 atom stereocenters. The predicted octanol–water partition coefficient (Wildman–Crippen LogP) is 3.04. The quantitative estimate of drug-likeness (QED) is 0.944. The van der Waals surface area contributed by atoms with Gasteiger partial charge in [0.1, 0.15) is 0 Å². The molecule has 0 spiro atoms. The maximum absolute atomic E-state index is 12.3. The topological polar surface area (TPSA) is 63.2 Å². The second-order valence-corrected chi connectivity index (χ2v) is 6.97. The minimum atomic E-state index is -3.44. The van der Waals surface area contributed by atoms with Gasteiger partial charge in [-0.1, -0.05) is 31.2 Å². The molecule has 0 aliphatic rings. The molecule has 2 aromatic rings. The molecule has 0 radical (unpaired) electrons. The van der Waals surface area contributed by atoms with Gasteiger partial charge in [0.15, 0.2) is 9.84 Å². The van der Waals surface area contributed by atoms with Gasteiger partial charge in [-0.15, -0.1) is 0 Å². The van der Waals surface area contributed by atoms with Crippen LogP contribution in [0.25, 0.3) is 0 Å². The fraction of sp³-hybridized carbons (Fsp3) is 0.188. The normalized spacial score (nSPS) is 11.1. The smallest absolute Gasteiger partial charge is 0.256 e. The molecule has 1 amide bonds. The number of amides is 1. The third kappa shape index (κ3) is 3.49. The molecule has 5 heteroatoms. The lowest BCUT2D eigenvalue weighted by atomic mass is 10.2. The first-order valence-corrected chi connectivity index (χ1v) is 8.29. The van der Waals surface area contributed by atoms with Gasteiger partial charge in [0.05, 0.1) is 16.2 Å². The molecule has 110 valence electrons. The molecule has 21 heavy (non-hydrogen) atoms. The average Bonchev–Trinajstić information content (AvgIpc) is 2.47. The molecule has 2 aromatic carbocycles. The summed E-state index contributed by atoms with van der Waals surface area (Å²) in [6, 6.07) is 13.6. The molecule has 0 saturated carbocycles. The highest BCUT2D eigenvalue weighted by atomic mass is 32.2. The molecule has 0 saturated heterocycles. The van der Waals surface area contributed by atoms with Crippen LogP contribution in [0.5, 0.6) is 0 Å².